The fourth-order valence-corrected chi connectivity index (χ4v) is 0.923. The number of halogens is 1. The van der Waals surface area contributed by atoms with Crippen LogP contribution in [0.3, 0.4) is 0 Å². The SMILES string of the molecule is COCc1nnc(CCCCl)o1. The van der Waals surface area contributed by atoms with E-state index in [9.17, 15) is 0 Å². The van der Waals surface area contributed by atoms with Crippen LogP contribution in [0.5, 0.6) is 0 Å². The van der Waals surface area contributed by atoms with Crippen LogP contribution in [-0.4, -0.2) is 23.2 Å². The Kier molecular flexibility index (Phi) is 4.04. The molecule has 0 radical (unpaired) electrons. The van der Waals surface area contributed by atoms with E-state index in [0.29, 0.717) is 24.3 Å². The van der Waals surface area contributed by atoms with E-state index in [-0.39, 0.29) is 0 Å². The zero-order chi connectivity index (χ0) is 8.81. The van der Waals surface area contributed by atoms with Gasteiger partial charge in [-0.25, -0.2) is 0 Å². The van der Waals surface area contributed by atoms with Gasteiger partial charge in [0.25, 0.3) is 0 Å². The smallest absolute Gasteiger partial charge is 0.242 e. The van der Waals surface area contributed by atoms with Gasteiger partial charge in [-0.3, -0.25) is 0 Å². The lowest BCUT2D eigenvalue weighted by molar-refractivity contribution is 0.158. The molecule has 1 heterocycles. The minimum Gasteiger partial charge on any atom is -0.423 e. The molecule has 0 aliphatic carbocycles. The lowest BCUT2D eigenvalue weighted by atomic mass is 10.3. The number of nitrogens with zero attached hydrogens (tertiary/aromatic N) is 2. The first kappa shape index (κ1) is 9.48. The van der Waals surface area contributed by atoms with Crippen LogP contribution in [0.2, 0.25) is 0 Å². The zero-order valence-corrected chi connectivity index (χ0v) is 7.67. The molecule has 0 unspecified atom stereocenters. The minimum absolute atomic E-state index is 0.369. The molecule has 0 amide bonds. The van der Waals surface area contributed by atoms with E-state index < -0.39 is 0 Å². The van der Waals surface area contributed by atoms with Crippen molar-refractivity contribution in [2.75, 3.05) is 13.0 Å². The largest absolute Gasteiger partial charge is 0.423 e. The molecule has 5 heteroatoms. The van der Waals surface area contributed by atoms with Gasteiger partial charge in [-0.15, -0.1) is 21.8 Å². The molecular formula is C7H11ClN2O2. The first-order valence-electron chi connectivity index (χ1n) is 3.73. The normalized spacial score (nSPS) is 10.5. The van der Waals surface area contributed by atoms with Gasteiger partial charge < -0.3 is 9.15 Å². The fourth-order valence-electron chi connectivity index (χ4n) is 0.789. The Morgan fingerprint density at radius 2 is 2.17 bits per heavy atom. The molecule has 0 aliphatic heterocycles. The van der Waals surface area contributed by atoms with E-state index in [0.717, 1.165) is 12.8 Å². The highest BCUT2D eigenvalue weighted by molar-refractivity contribution is 6.17. The highest BCUT2D eigenvalue weighted by atomic mass is 35.5. The Morgan fingerprint density at radius 1 is 1.42 bits per heavy atom. The maximum Gasteiger partial charge on any atom is 0.242 e. The number of aryl methyl sites for hydroxylation is 1. The van der Waals surface area contributed by atoms with Gasteiger partial charge in [0.2, 0.25) is 11.8 Å². The van der Waals surface area contributed by atoms with Crippen LogP contribution in [-0.2, 0) is 17.8 Å². The van der Waals surface area contributed by atoms with E-state index in [1.165, 1.54) is 0 Å². The van der Waals surface area contributed by atoms with Crippen molar-refractivity contribution >= 4 is 11.6 Å². The van der Waals surface area contributed by atoms with Crippen molar-refractivity contribution in [2.24, 2.45) is 0 Å². The summed E-state index contributed by atoms with van der Waals surface area (Å²) in [5.74, 6) is 1.76. The van der Waals surface area contributed by atoms with Gasteiger partial charge in [0.15, 0.2) is 0 Å². The third-order valence-electron chi connectivity index (χ3n) is 1.30. The maximum absolute atomic E-state index is 5.50. The van der Waals surface area contributed by atoms with Gasteiger partial charge >= 0.3 is 0 Å². The highest BCUT2D eigenvalue weighted by Crippen LogP contribution is 2.03. The minimum atomic E-state index is 0.369. The van der Waals surface area contributed by atoms with Crippen LogP contribution in [0.4, 0.5) is 0 Å². The van der Waals surface area contributed by atoms with E-state index in [1.54, 1.807) is 7.11 Å². The summed E-state index contributed by atoms with van der Waals surface area (Å²) in [5, 5.41) is 7.59. The van der Waals surface area contributed by atoms with Crippen molar-refractivity contribution in [1.29, 1.82) is 0 Å². The molecule has 68 valence electrons. The predicted octanol–water partition coefficient (Wildman–Crippen LogP) is 1.39. The van der Waals surface area contributed by atoms with Gasteiger partial charge in [-0.2, -0.15) is 0 Å². The Labute approximate surface area is 75.9 Å². The summed E-state index contributed by atoms with van der Waals surface area (Å²) in [6.07, 6.45) is 1.59. The average Bonchev–Trinajstić information content (AvgIpc) is 2.50. The van der Waals surface area contributed by atoms with E-state index in [4.69, 9.17) is 20.8 Å². The molecule has 4 nitrogen and oxygen atoms in total. The summed E-state index contributed by atoms with van der Waals surface area (Å²) < 4.78 is 10.0. The third kappa shape index (κ3) is 2.79. The number of hydrogen-bond acceptors (Lipinski definition) is 4. The lowest BCUT2D eigenvalue weighted by Gasteiger charge is -1.90. The second kappa shape index (κ2) is 5.11. The third-order valence-corrected chi connectivity index (χ3v) is 1.57. The molecule has 0 aromatic carbocycles. The Bertz CT molecular complexity index is 227. The molecule has 12 heavy (non-hydrogen) atoms. The number of hydrogen-bond donors (Lipinski definition) is 0. The topological polar surface area (TPSA) is 48.2 Å². The van der Waals surface area contributed by atoms with Crippen molar-refractivity contribution in [3.63, 3.8) is 0 Å². The average molecular weight is 191 g/mol. The quantitative estimate of drug-likeness (QED) is 0.659. The summed E-state index contributed by atoms with van der Waals surface area (Å²) in [5.41, 5.74) is 0. The van der Waals surface area contributed by atoms with Crippen molar-refractivity contribution in [2.45, 2.75) is 19.4 Å². The molecule has 0 aliphatic rings. The molecule has 0 N–H and O–H groups in total. The molecule has 1 aromatic heterocycles. The van der Waals surface area contributed by atoms with Gasteiger partial charge in [0.1, 0.15) is 6.61 Å². The first-order chi connectivity index (χ1) is 5.86. The number of aromatic nitrogens is 2. The summed E-state index contributed by atoms with van der Waals surface area (Å²) in [6, 6.07) is 0. The second-order valence-corrected chi connectivity index (χ2v) is 2.69. The molecular weight excluding hydrogens is 180 g/mol. The summed E-state index contributed by atoms with van der Waals surface area (Å²) in [7, 11) is 1.59. The van der Waals surface area contributed by atoms with Crippen LogP contribution in [0.1, 0.15) is 18.2 Å². The van der Waals surface area contributed by atoms with Gasteiger partial charge in [0.05, 0.1) is 0 Å². The standard InChI is InChI=1S/C7H11ClN2O2/c1-11-5-7-10-9-6(12-7)3-2-4-8/h2-5H2,1H3. The van der Waals surface area contributed by atoms with Crippen LogP contribution >= 0.6 is 11.6 Å². The number of alkyl halides is 1. The van der Waals surface area contributed by atoms with Crippen LogP contribution in [0.25, 0.3) is 0 Å². The van der Waals surface area contributed by atoms with Gasteiger partial charge in [0, 0.05) is 19.4 Å². The molecule has 1 rings (SSSR count). The zero-order valence-electron chi connectivity index (χ0n) is 6.92. The monoisotopic (exact) mass is 190 g/mol. The Balaban J connectivity index is 2.41. The molecule has 0 fully saturated rings. The first-order valence-corrected chi connectivity index (χ1v) is 4.26. The number of methoxy groups -OCH3 is 1. The molecule has 0 bridgehead atoms. The predicted molar refractivity (Wildman–Crippen MR) is 44.1 cm³/mol. The Morgan fingerprint density at radius 3 is 2.83 bits per heavy atom. The van der Waals surface area contributed by atoms with Gasteiger partial charge in [-0.1, -0.05) is 0 Å². The lowest BCUT2D eigenvalue weighted by Crippen LogP contribution is -1.85. The molecule has 0 saturated heterocycles. The second-order valence-electron chi connectivity index (χ2n) is 2.32. The summed E-state index contributed by atoms with van der Waals surface area (Å²) in [6.45, 7) is 0.369. The van der Waals surface area contributed by atoms with Gasteiger partial charge in [-0.05, 0) is 6.42 Å². The molecule has 0 saturated carbocycles. The highest BCUT2D eigenvalue weighted by Gasteiger charge is 2.03. The van der Waals surface area contributed by atoms with Crippen LogP contribution < -0.4 is 0 Å². The van der Waals surface area contributed by atoms with E-state index in [2.05, 4.69) is 10.2 Å². The van der Waals surface area contributed by atoms with E-state index >= 15 is 0 Å². The molecule has 0 spiro atoms. The molecule has 0 atom stereocenters. The van der Waals surface area contributed by atoms with Crippen molar-refractivity contribution in [1.82, 2.24) is 10.2 Å². The summed E-state index contributed by atoms with van der Waals surface area (Å²) in [4.78, 5) is 0. The maximum atomic E-state index is 5.50. The van der Waals surface area contributed by atoms with Crippen molar-refractivity contribution in [3.8, 4) is 0 Å². The van der Waals surface area contributed by atoms with Crippen molar-refractivity contribution in [3.05, 3.63) is 11.8 Å². The summed E-state index contributed by atoms with van der Waals surface area (Å²) >= 11 is 5.50. The van der Waals surface area contributed by atoms with Crippen molar-refractivity contribution < 1.29 is 9.15 Å². The van der Waals surface area contributed by atoms with Crippen LogP contribution in [0.15, 0.2) is 4.42 Å². The Hall–Kier alpha value is -0.610. The van der Waals surface area contributed by atoms with Crippen LogP contribution in [0, 0.1) is 0 Å². The fraction of sp³-hybridized carbons (Fsp3) is 0.714. The number of ether oxygens (including phenoxy) is 1. The molecule has 1 aromatic rings. The number of rotatable bonds is 5. The van der Waals surface area contributed by atoms with E-state index in [1.807, 2.05) is 0 Å².